The topological polar surface area (TPSA) is 73.2 Å². The van der Waals surface area contributed by atoms with E-state index in [2.05, 4.69) is 5.32 Å². The van der Waals surface area contributed by atoms with Crippen molar-refractivity contribution in [3.05, 3.63) is 58.1 Å². The number of amides is 2. The smallest absolute Gasteiger partial charge is 0.229 e. The lowest BCUT2D eigenvalue weighted by atomic mass is 10.1. The van der Waals surface area contributed by atoms with Crippen LogP contribution in [0.2, 0.25) is 10.0 Å². The quantitative estimate of drug-likeness (QED) is 0.887. The number of benzene rings is 2. The fourth-order valence-electron chi connectivity index (χ4n) is 2.68. The molecule has 0 aromatic heterocycles. The van der Waals surface area contributed by atoms with Crippen molar-refractivity contribution in [3.63, 3.8) is 0 Å². The number of hydrogen-bond acceptors (Lipinski definition) is 3. The Bertz CT molecular complexity index is 875. The molecular formula is C18H13Cl2N3O2. The highest BCUT2D eigenvalue weighted by atomic mass is 35.5. The van der Waals surface area contributed by atoms with Gasteiger partial charge in [-0.2, -0.15) is 5.26 Å². The summed E-state index contributed by atoms with van der Waals surface area (Å²) < 4.78 is 0. The number of halogens is 2. The largest absolute Gasteiger partial charge is 0.326 e. The molecule has 1 atom stereocenters. The van der Waals surface area contributed by atoms with Crippen LogP contribution in [0.1, 0.15) is 12.0 Å². The van der Waals surface area contributed by atoms with Gasteiger partial charge < -0.3 is 10.2 Å². The highest BCUT2D eigenvalue weighted by Gasteiger charge is 2.35. The number of nitriles is 1. The van der Waals surface area contributed by atoms with E-state index in [0.717, 1.165) is 0 Å². The maximum Gasteiger partial charge on any atom is 0.229 e. The van der Waals surface area contributed by atoms with E-state index in [4.69, 9.17) is 28.5 Å². The van der Waals surface area contributed by atoms with Crippen molar-refractivity contribution in [3.8, 4) is 6.07 Å². The Morgan fingerprint density at radius 1 is 1.20 bits per heavy atom. The van der Waals surface area contributed by atoms with Crippen LogP contribution in [0.4, 0.5) is 11.4 Å². The summed E-state index contributed by atoms with van der Waals surface area (Å²) in [7, 11) is 0. The summed E-state index contributed by atoms with van der Waals surface area (Å²) >= 11 is 11.8. The Morgan fingerprint density at radius 2 is 1.92 bits per heavy atom. The van der Waals surface area contributed by atoms with Crippen LogP contribution < -0.4 is 10.2 Å². The van der Waals surface area contributed by atoms with Gasteiger partial charge in [-0.05, 0) is 42.5 Å². The van der Waals surface area contributed by atoms with Gasteiger partial charge >= 0.3 is 0 Å². The Hall–Kier alpha value is -2.55. The molecule has 0 aliphatic carbocycles. The molecule has 1 unspecified atom stereocenters. The second-order valence-electron chi connectivity index (χ2n) is 5.68. The van der Waals surface area contributed by atoms with Crippen LogP contribution in [0.3, 0.4) is 0 Å². The molecule has 1 aliphatic rings. The molecule has 1 fully saturated rings. The van der Waals surface area contributed by atoms with E-state index in [1.165, 1.54) is 12.1 Å². The Balaban J connectivity index is 1.69. The minimum Gasteiger partial charge on any atom is -0.326 e. The standard InChI is InChI=1S/C18H13Cl2N3O2/c19-13-2-5-15(6-3-13)23-10-12(7-17(23)24)18(25)22-14-4-1-11(9-21)16(20)8-14/h1-6,8,12H,7,10H2,(H,22,25). The lowest BCUT2D eigenvalue weighted by molar-refractivity contribution is -0.122. The summed E-state index contributed by atoms with van der Waals surface area (Å²) in [5.74, 6) is -0.830. The van der Waals surface area contributed by atoms with Gasteiger partial charge in [-0.3, -0.25) is 9.59 Å². The van der Waals surface area contributed by atoms with Gasteiger partial charge in [0.25, 0.3) is 0 Å². The van der Waals surface area contributed by atoms with E-state index in [1.807, 2.05) is 6.07 Å². The predicted molar refractivity (Wildman–Crippen MR) is 96.7 cm³/mol. The summed E-state index contributed by atoms with van der Waals surface area (Å²) in [5, 5.41) is 12.5. The molecule has 2 amide bonds. The first kappa shape index (κ1) is 17.3. The van der Waals surface area contributed by atoms with Crippen molar-refractivity contribution >= 4 is 46.4 Å². The second-order valence-corrected chi connectivity index (χ2v) is 6.52. The molecule has 2 aromatic carbocycles. The Labute approximate surface area is 154 Å². The fourth-order valence-corrected chi connectivity index (χ4v) is 3.03. The molecule has 1 N–H and O–H groups in total. The summed E-state index contributed by atoms with van der Waals surface area (Å²) in [6.07, 6.45) is 0.137. The summed E-state index contributed by atoms with van der Waals surface area (Å²) in [5.41, 5.74) is 1.54. The highest BCUT2D eigenvalue weighted by Crippen LogP contribution is 2.27. The molecule has 1 heterocycles. The van der Waals surface area contributed by atoms with Gasteiger partial charge in [0, 0.05) is 29.4 Å². The molecule has 0 spiro atoms. The molecule has 3 rings (SSSR count). The van der Waals surface area contributed by atoms with Crippen LogP contribution in [0.25, 0.3) is 0 Å². The fraction of sp³-hybridized carbons (Fsp3) is 0.167. The first-order chi connectivity index (χ1) is 12.0. The Kier molecular flexibility index (Phi) is 4.93. The van der Waals surface area contributed by atoms with Crippen LogP contribution in [0.5, 0.6) is 0 Å². The number of nitrogens with one attached hydrogen (secondary N) is 1. The van der Waals surface area contributed by atoms with Crippen molar-refractivity contribution in [1.82, 2.24) is 0 Å². The van der Waals surface area contributed by atoms with Crippen LogP contribution in [0.15, 0.2) is 42.5 Å². The van der Waals surface area contributed by atoms with E-state index in [9.17, 15) is 9.59 Å². The van der Waals surface area contributed by atoms with Crippen molar-refractivity contribution in [1.29, 1.82) is 5.26 Å². The molecule has 1 aliphatic heterocycles. The lowest BCUT2D eigenvalue weighted by Gasteiger charge is -2.16. The maximum atomic E-state index is 12.4. The molecule has 1 saturated heterocycles. The van der Waals surface area contributed by atoms with Crippen LogP contribution in [-0.4, -0.2) is 18.4 Å². The number of nitrogens with zero attached hydrogens (tertiary/aromatic N) is 2. The van der Waals surface area contributed by atoms with Crippen molar-refractivity contribution in [2.75, 3.05) is 16.8 Å². The normalized spacial score (nSPS) is 16.6. The van der Waals surface area contributed by atoms with E-state index < -0.39 is 5.92 Å². The van der Waals surface area contributed by atoms with Gasteiger partial charge in [-0.1, -0.05) is 23.2 Å². The summed E-state index contributed by atoms with van der Waals surface area (Å²) in [6.45, 7) is 0.302. The lowest BCUT2D eigenvalue weighted by Crippen LogP contribution is -2.28. The second kappa shape index (κ2) is 7.14. The van der Waals surface area contributed by atoms with Crippen LogP contribution >= 0.6 is 23.2 Å². The van der Waals surface area contributed by atoms with Crippen LogP contribution in [0, 0.1) is 17.2 Å². The molecule has 126 valence electrons. The average molecular weight is 374 g/mol. The van der Waals surface area contributed by atoms with Crippen LogP contribution in [-0.2, 0) is 9.59 Å². The molecule has 2 aromatic rings. The van der Waals surface area contributed by atoms with Gasteiger partial charge in [0.15, 0.2) is 0 Å². The third kappa shape index (κ3) is 3.76. The summed E-state index contributed by atoms with van der Waals surface area (Å²) in [6, 6.07) is 13.5. The minimum atomic E-state index is -0.461. The van der Waals surface area contributed by atoms with E-state index in [0.29, 0.717) is 28.5 Å². The third-order valence-corrected chi connectivity index (χ3v) is 4.56. The number of rotatable bonds is 3. The first-order valence-electron chi connectivity index (χ1n) is 7.54. The number of anilines is 2. The zero-order valence-electron chi connectivity index (χ0n) is 13.0. The maximum absolute atomic E-state index is 12.4. The van der Waals surface area contributed by atoms with E-state index in [-0.39, 0.29) is 23.3 Å². The molecule has 0 saturated carbocycles. The molecule has 0 bridgehead atoms. The zero-order valence-corrected chi connectivity index (χ0v) is 14.5. The predicted octanol–water partition coefficient (Wildman–Crippen LogP) is 3.86. The van der Waals surface area contributed by atoms with Gasteiger partial charge in [0.05, 0.1) is 16.5 Å². The molecular weight excluding hydrogens is 361 g/mol. The van der Waals surface area contributed by atoms with Gasteiger partial charge in [0.1, 0.15) is 6.07 Å². The van der Waals surface area contributed by atoms with E-state index in [1.54, 1.807) is 35.2 Å². The number of hydrogen-bond donors (Lipinski definition) is 1. The van der Waals surface area contributed by atoms with Gasteiger partial charge in [-0.15, -0.1) is 0 Å². The SMILES string of the molecule is N#Cc1ccc(NC(=O)C2CC(=O)N(c3ccc(Cl)cc3)C2)cc1Cl. The van der Waals surface area contributed by atoms with Crippen molar-refractivity contribution < 1.29 is 9.59 Å². The Morgan fingerprint density at radius 3 is 2.56 bits per heavy atom. The third-order valence-electron chi connectivity index (χ3n) is 3.99. The average Bonchev–Trinajstić information content (AvgIpc) is 2.98. The molecule has 25 heavy (non-hydrogen) atoms. The molecule has 7 heteroatoms. The highest BCUT2D eigenvalue weighted by molar-refractivity contribution is 6.32. The zero-order chi connectivity index (χ0) is 18.0. The minimum absolute atomic E-state index is 0.111. The number of carbonyl (C=O) groups is 2. The molecule has 0 radical (unpaired) electrons. The summed E-state index contributed by atoms with van der Waals surface area (Å²) in [4.78, 5) is 26.2. The van der Waals surface area contributed by atoms with E-state index >= 15 is 0 Å². The van der Waals surface area contributed by atoms with Crippen molar-refractivity contribution in [2.24, 2.45) is 5.92 Å². The first-order valence-corrected chi connectivity index (χ1v) is 8.30. The van der Waals surface area contributed by atoms with Gasteiger partial charge in [-0.25, -0.2) is 0 Å². The monoisotopic (exact) mass is 373 g/mol. The molecule has 5 nitrogen and oxygen atoms in total. The van der Waals surface area contributed by atoms with Crippen molar-refractivity contribution in [2.45, 2.75) is 6.42 Å². The number of carbonyl (C=O) groups excluding carboxylic acids is 2. The van der Waals surface area contributed by atoms with Gasteiger partial charge in [0.2, 0.25) is 11.8 Å².